The quantitative estimate of drug-likeness (QED) is 0.535. The zero-order valence-corrected chi connectivity index (χ0v) is 12.3. The van der Waals surface area contributed by atoms with Crippen LogP contribution in [0.2, 0.25) is 0 Å². The third-order valence-corrected chi connectivity index (χ3v) is 4.52. The number of nitrogens with zero attached hydrogens (tertiary/aromatic N) is 4. The van der Waals surface area contributed by atoms with E-state index >= 15 is 0 Å². The summed E-state index contributed by atoms with van der Waals surface area (Å²) in [6.07, 6.45) is 1.55. The SMILES string of the molecule is c1ccc(-c2nnc(Sc3ncnc4sccc34)o2)cc1. The van der Waals surface area contributed by atoms with Gasteiger partial charge in [-0.1, -0.05) is 18.2 Å². The Kier molecular flexibility index (Phi) is 3.13. The predicted octanol–water partition coefficient (Wildman–Crippen LogP) is 3.89. The van der Waals surface area contributed by atoms with Crippen LogP contribution in [0.25, 0.3) is 21.7 Å². The number of benzene rings is 1. The highest BCUT2D eigenvalue weighted by molar-refractivity contribution is 7.99. The van der Waals surface area contributed by atoms with Gasteiger partial charge in [0.05, 0.1) is 0 Å². The lowest BCUT2D eigenvalue weighted by molar-refractivity contribution is 0.465. The van der Waals surface area contributed by atoms with Gasteiger partial charge >= 0.3 is 0 Å². The first kappa shape index (κ1) is 12.5. The van der Waals surface area contributed by atoms with Crippen LogP contribution >= 0.6 is 23.1 Å². The molecule has 0 N–H and O–H groups in total. The van der Waals surface area contributed by atoms with Gasteiger partial charge in [0, 0.05) is 10.9 Å². The summed E-state index contributed by atoms with van der Waals surface area (Å²) in [4.78, 5) is 9.46. The van der Waals surface area contributed by atoms with Crippen molar-refractivity contribution in [1.29, 1.82) is 0 Å². The van der Waals surface area contributed by atoms with Gasteiger partial charge in [-0.3, -0.25) is 0 Å². The average molecular weight is 312 g/mol. The van der Waals surface area contributed by atoms with Crippen LogP contribution < -0.4 is 0 Å². The molecule has 21 heavy (non-hydrogen) atoms. The number of hydrogen-bond donors (Lipinski definition) is 0. The number of fused-ring (bicyclic) bond motifs is 1. The Morgan fingerprint density at radius 2 is 1.90 bits per heavy atom. The Morgan fingerprint density at radius 1 is 1.00 bits per heavy atom. The summed E-state index contributed by atoms with van der Waals surface area (Å²) in [5.74, 6) is 0.508. The normalized spacial score (nSPS) is 11.0. The molecule has 4 aromatic rings. The van der Waals surface area contributed by atoms with Crippen LogP contribution in [0, 0.1) is 0 Å². The van der Waals surface area contributed by atoms with Gasteiger partial charge in [0.1, 0.15) is 16.2 Å². The maximum Gasteiger partial charge on any atom is 0.283 e. The van der Waals surface area contributed by atoms with Gasteiger partial charge < -0.3 is 4.42 Å². The van der Waals surface area contributed by atoms with Gasteiger partial charge in [-0.05, 0) is 35.3 Å². The second-order valence-electron chi connectivity index (χ2n) is 4.16. The Balaban J connectivity index is 1.66. The number of rotatable bonds is 3. The van der Waals surface area contributed by atoms with Crippen molar-refractivity contribution in [3.05, 3.63) is 48.1 Å². The van der Waals surface area contributed by atoms with Gasteiger partial charge in [0.2, 0.25) is 5.89 Å². The molecule has 1 aromatic carbocycles. The maximum atomic E-state index is 5.68. The van der Waals surface area contributed by atoms with Crippen LogP contribution in [-0.2, 0) is 0 Å². The monoisotopic (exact) mass is 312 g/mol. The van der Waals surface area contributed by atoms with Gasteiger partial charge in [0.15, 0.2) is 0 Å². The second-order valence-corrected chi connectivity index (χ2v) is 5.99. The van der Waals surface area contributed by atoms with E-state index in [0.717, 1.165) is 20.8 Å². The summed E-state index contributed by atoms with van der Waals surface area (Å²) in [6, 6.07) is 11.7. The van der Waals surface area contributed by atoms with Crippen molar-refractivity contribution < 1.29 is 4.42 Å². The molecule has 0 aliphatic carbocycles. The highest BCUT2D eigenvalue weighted by Gasteiger charge is 2.13. The molecule has 7 heteroatoms. The van der Waals surface area contributed by atoms with E-state index in [1.807, 2.05) is 41.8 Å². The third kappa shape index (κ3) is 2.41. The Morgan fingerprint density at radius 3 is 2.81 bits per heavy atom. The first-order valence-corrected chi connectivity index (χ1v) is 7.85. The largest absolute Gasteiger partial charge is 0.411 e. The molecule has 0 amide bonds. The molecule has 0 spiro atoms. The summed E-state index contributed by atoms with van der Waals surface area (Å²) in [7, 11) is 0. The van der Waals surface area contributed by atoms with Crippen molar-refractivity contribution in [3.8, 4) is 11.5 Å². The lowest BCUT2D eigenvalue weighted by Crippen LogP contribution is -1.83. The smallest absolute Gasteiger partial charge is 0.283 e. The molecule has 0 unspecified atom stereocenters. The van der Waals surface area contributed by atoms with E-state index in [-0.39, 0.29) is 0 Å². The summed E-state index contributed by atoms with van der Waals surface area (Å²) in [5, 5.41) is 12.4. The molecule has 0 bridgehead atoms. The van der Waals surface area contributed by atoms with E-state index < -0.39 is 0 Å². The molecule has 0 fully saturated rings. The fourth-order valence-corrected chi connectivity index (χ4v) is 3.42. The molecule has 3 aromatic heterocycles. The molecule has 0 saturated carbocycles. The van der Waals surface area contributed by atoms with Gasteiger partial charge in [-0.2, -0.15) is 0 Å². The van der Waals surface area contributed by atoms with Crippen molar-refractivity contribution in [2.24, 2.45) is 0 Å². The number of thiophene rings is 1. The van der Waals surface area contributed by atoms with Crippen molar-refractivity contribution in [3.63, 3.8) is 0 Å². The lowest BCUT2D eigenvalue weighted by atomic mass is 10.2. The predicted molar refractivity (Wildman–Crippen MR) is 81.3 cm³/mol. The Bertz CT molecular complexity index is 888. The minimum absolute atomic E-state index is 0.472. The minimum Gasteiger partial charge on any atom is -0.411 e. The summed E-state index contributed by atoms with van der Waals surface area (Å²) >= 11 is 2.94. The van der Waals surface area contributed by atoms with Gasteiger partial charge in [0.25, 0.3) is 5.22 Å². The third-order valence-electron chi connectivity index (χ3n) is 2.84. The molecular weight excluding hydrogens is 304 g/mol. The molecule has 0 saturated heterocycles. The minimum atomic E-state index is 0.472. The van der Waals surface area contributed by atoms with Crippen molar-refractivity contribution >= 4 is 33.3 Å². The van der Waals surface area contributed by atoms with E-state index in [1.54, 1.807) is 17.7 Å². The summed E-state index contributed by atoms with van der Waals surface area (Å²) in [6.45, 7) is 0. The zero-order valence-electron chi connectivity index (χ0n) is 10.6. The fraction of sp³-hybridized carbons (Fsp3) is 0. The molecule has 0 radical (unpaired) electrons. The lowest BCUT2D eigenvalue weighted by Gasteiger charge is -1.97. The Hall–Kier alpha value is -2.25. The molecule has 0 aliphatic heterocycles. The highest BCUT2D eigenvalue weighted by atomic mass is 32.2. The molecule has 4 rings (SSSR count). The van der Waals surface area contributed by atoms with Crippen LogP contribution in [0.5, 0.6) is 0 Å². The van der Waals surface area contributed by atoms with E-state index in [4.69, 9.17) is 4.42 Å². The standard InChI is InChI=1S/C14H8N4OS2/c1-2-4-9(5-3-1)11-17-18-14(19-11)21-13-10-6-7-20-12(10)15-8-16-13/h1-8H. The number of hydrogen-bond acceptors (Lipinski definition) is 7. The molecule has 0 atom stereocenters. The van der Waals surface area contributed by atoms with E-state index in [9.17, 15) is 0 Å². The molecule has 102 valence electrons. The Labute approximate surface area is 128 Å². The maximum absolute atomic E-state index is 5.68. The first-order valence-electron chi connectivity index (χ1n) is 6.15. The van der Waals surface area contributed by atoms with Crippen LogP contribution in [0.4, 0.5) is 0 Å². The molecule has 5 nitrogen and oxygen atoms in total. The van der Waals surface area contributed by atoms with Crippen molar-refractivity contribution in [2.45, 2.75) is 10.2 Å². The summed E-state index contributed by atoms with van der Waals surface area (Å²) in [5.41, 5.74) is 0.903. The van der Waals surface area contributed by atoms with Gasteiger partial charge in [-0.25, -0.2) is 9.97 Å². The van der Waals surface area contributed by atoms with Crippen LogP contribution in [0.3, 0.4) is 0 Å². The van der Waals surface area contributed by atoms with E-state index in [1.165, 1.54) is 11.8 Å². The van der Waals surface area contributed by atoms with Gasteiger partial charge in [-0.15, -0.1) is 21.5 Å². The molecule has 3 heterocycles. The highest BCUT2D eigenvalue weighted by Crippen LogP contribution is 2.33. The molecular formula is C14H8N4OS2. The molecule has 0 aliphatic rings. The zero-order chi connectivity index (χ0) is 14.1. The van der Waals surface area contributed by atoms with Crippen LogP contribution in [0.15, 0.2) is 62.8 Å². The topological polar surface area (TPSA) is 64.7 Å². The van der Waals surface area contributed by atoms with Crippen LogP contribution in [-0.4, -0.2) is 20.2 Å². The average Bonchev–Trinajstić information content (AvgIpc) is 3.17. The van der Waals surface area contributed by atoms with Crippen LogP contribution in [0.1, 0.15) is 0 Å². The number of aromatic nitrogens is 4. The van der Waals surface area contributed by atoms with Crippen molar-refractivity contribution in [2.75, 3.05) is 0 Å². The van der Waals surface area contributed by atoms with E-state index in [2.05, 4.69) is 20.2 Å². The second kappa shape index (κ2) is 5.27. The van der Waals surface area contributed by atoms with E-state index in [0.29, 0.717) is 11.1 Å². The fourth-order valence-electron chi connectivity index (χ4n) is 1.88. The first-order chi connectivity index (χ1) is 10.4. The summed E-state index contributed by atoms with van der Waals surface area (Å²) < 4.78 is 5.68. The van der Waals surface area contributed by atoms with Crippen molar-refractivity contribution in [1.82, 2.24) is 20.2 Å².